The molecule has 5 nitrogen and oxygen atoms in total. The average molecular weight is 385 g/mol. The van der Waals surface area contributed by atoms with Crippen molar-refractivity contribution in [2.45, 2.75) is 20.3 Å². The van der Waals surface area contributed by atoms with E-state index in [1.807, 2.05) is 36.4 Å². The molecule has 1 amide bonds. The Morgan fingerprint density at radius 2 is 2.04 bits per heavy atom. The molecule has 2 aromatic rings. The molecule has 1 aromatic carbocycles. The van der Waals surface area contributed by atoms with Crippen molar-refractivity contribution < 1.29 is 4.79 Å². The molecule has 1 aromatic heterocycles. The summed E-state index contributed by atoms with van der Waals surface area (Å²) < 4.78 is 0. The van der Waals surface area contributed by atoms with Gasteiger partial charge in [0.1, 0.15) is 5.01 Å². The Morgan fingerprint density at radius 1 is 1.27 bits per heavy atom. The lowest BCUT2D eigenvalue weighted by Crippen LogP contribution is -2.29. The van der Waals surface area contributed by atoms with Crippen molar-refractivity contribution in [1.29, 1.82) is 0 Å². The van der Waals surface area contributed by atoms with Gasteiger partial charge in [0, 0.05) is 13.0 Å². The molecule has 0 spiro atoms. The highest BCUT2D eigenvalue weighted by Gasteiger charge is 2.32. The van der Waals surface area contributed by atoms with Gasteiger partial charge in [-0.1, -0.05) is 61.6 Å². The van der Waals surface area contributed by atoms with Gasteiger partial charge >= 0.3 is 0 Å². The summed E-state index contributed by atoms with van der Waals surface area (Å²) in [5.74, 6) is 0.452. The van der Waals surface area contributed by atoms with Crippen molar-refractivity contribution in [2.24, 2.45) is 10.9 Å². The molecule has 26 heavy (non-hydrogen) atoms. The van der Waals surface area contributed by atoms with E-state index in [-0.39, 0.29) is 5.91 Å². The van der Waals surface area contributed by atoms with Gasteiger partial charge in [0.25, 0.3) is 5.91 Å². The molecule has 0 unspecified atom stereocenters. The van der Waals surface area contributed by atoms with Gasteiger partial charge in [-0.2, -0.15) is 4.99 Å². The van der Waals surface area contributed by atoms with Crippen LogP contribution in [0.25, 0.3) is 6.08 Å². The summed E-state index contributed by atoms with van der Waals surface area (Å²) in [6.45, 7) is 8.44. The van der Waals surface area contributed by atoms with Gasteiger partial charge in [0.15, 0.2) is 5.17 Å². The van der Waals surface area contributed by atoms with Crippen molar-refractivity contribution in [3.05, 3.63) is 58.5 Å². The quantitative estimate of drug-likeness (QED) is 0.542. The summed E-state index contributed by atoms with van der Waals surface area (Å²) >= 11 is 2.83. The summed E-state index contributed by atoms with van der Waals surface area (Å²) in [6, 6.07) is 9.79. The van der Waals surface area contributed by atoms with E-state index in [2.05, 4.69) is 35.6 Å². The fourth-order valence-corrected chi connectivity index (χ4v) is 4.36. The number of thioether (sulfide) groups is 1. The molecule has 1 aliphatic rings. The van der Waals surface area contributed by atoms with E-state index < -0.39 is 0 Å². The lowest BCUT2D eigenvalue weighted by atomic mass is 10.1. The molecule has 0 atom stereocenters. The summed E-state index contributed by atoms with van der Waals surface area (Å²) in [5, 5.41) is 10.5. The Hall–Kier alpha value is -2.25. The Bertz CT molecular complexity index is 855. The van der Waals surface area contributed by atoms with Crippen LogP contribution < -0.4 is 0 Å². The predicted molar refractivity (Wildman–Crippen MR) is 109 cm³/mol. The summed E-state index contributed by atoms with van der Waals surface area (Å²) in [7, 11) is 0. The summed E-state index contributed by atoms with van der Waals surface area (Å²) in [4.78, 5) is 19.6. The molecular formula is C19H20N4OS2. The molecule has 3 rings (SSSR count). The monoisotopic (exact) mass is 384 g/mol. The number of hydrogen-bond donors (Lipinski definition) is 0. The summed E-state index contributed by atoms with van der Waals surface area (Å²) in [6.07, 6.45) is 4.46. The van der Waals surface area contributed by atoms with Crippen LogP contribution in [0.3, 0.4) is 0 Å². The molecule has 134 valence electrons. The first-order chi connectivity index (χ1) is 12.6. The maximum atomic E-state index is 12.7. The molecule has 0 aliphatic carbocycles. The van der Waals surface area contributed by atoms with Crippen LogP contribution in [-0.2, 0) is 11.2 Å². The second-order valence-corrected chi connectivity index (χ2v) is 8.25. The van der Waals surface area contributed by atoms with Gasteiger partial charge in [-0.15, -0.1) is 16.8 Å². The van der Waals surface area contributed by atoms with Crippen molar-refractivity contribution in [1.82, 2.24) is 15.1 Å². The Labute approximate surface area is 161 Å². The van der Waals surface area contributed by atoms with Gasteiger partial charge in [-0.25, -0.2) is 0 Å². The maximum Gasteiger partial charge on any atom is 0.267 e. The van der Waals surface area contributed by atoms with Crippen molar-refractivity contribution in [3.63, 3.8) is 0 Å². The SMILES string of the molecule is C=CCN1C(=O)/C(=C\c2ccccc2)SC1=Nc1nnc(CC(C)C)s1. The van der Waals surface area contributed by atoms with Gasteiger partial charge in [-0.3, -0.25) is 9.69 Å². The number of nitrogens with zero attached hydrogens (tertiary/aromatic N) is 4. The predicted octanol–water partition coefficient (Wildman–Crippen LogP) is 4.53. The van der Waals surface area contributed by atoms with Crippen LogP contribution in [-0.4, -0.2) is 32.7 Å². The second kappa shape index (κ2) is 8.42. The Balaban J connectivity index is 1.87. The van der Waals surface area contributed by atoms with Gasteiger partial charge in [-0.05, 0) is 29.3 Å². The van der Waals surface area contributed by atoms with Crippen molar-refractivity contribution >= 4 is 45.4 Å². The minimum atomic E-state index is -0.0653. The van der Waals surface area contributed by atoms with E-state index >= 15 is 0 Å². The first-order valence-electron chi connectivity index (χ1n) is 8.35. The number of hydrogen-bond acceptors (Lipinski definition) is 6. The zero-order chi connectivity index (χ0) is 18.5. The standard InChI is InChI=1S/C19H20N4OS2/c1-4-10-23-17(24)15(12-14-8-6-5-7-9-14)25-19(23)20-18-22-21-16(26-18)11-13(2)3/h4-9,12-13H,1,10-11H2,2-3H3/b15-12+,20-19?. The van der Waals surface area contributed by atoms with Crippen molar-refractivity contribution in [3.8, 4) is 0 Å². The van der Waals surface area contributed by atoms with Gasteiger partial charge < -0.3 is 0 Å². The minimum Gasteiger partial charge on any atom is -0.282 e. The first kappa shape index (κ1) is 18.5. The fraction of sp³-hybridized carbons (Fsp3) is 0.263. The molecular weight excluding hydrogens is 364 g/mol. The molecule has 1 saturated heterocycles. The number of carbonyl (C=O) groups is 1. The molecule has 0 saturated carbocycles. The van der Waals surface area contributed by atoms with Crippen LogP contribution in [0, 0.1) is 5.92 Å². The lowest BCUT2D eigenvalue weighted by Gasteiger charge is -2.11. The van der Waals surface area contributed by atoms with Gasteiger partial charge in [0.2, 0.25) is 5.13 Å². The van der Waals surface area contributed by atoms with E-state index in [4.69, 9.17) is 0 Å². The number of amides is 1. The molecule has 0 bridgehead atoms. The van der Waals surface area contributed by atoms with E-state index in [9.17, 15) is 4.79 Å². The molecule has 0 radical (unpaired) electrons. The van der Waals surface area contributed by atoms with E-state index in [0.717, 1.165) is 17.0 Å². The molecule has 2 heterocycles. The fourth-order valence-electron chi connectivity index (χ4n) is 2.39. The second-order valence-electron chi connectivity index (χ2n) is 6.20. The number of aromatic nitrogens is 2. The highest BCUT2D eigenvalue weighted by molar-refractivity contribution is 8.18. The molecule has 0 N–H and O–H groups in total. The van der Waals surface area contributed by atoms with Crippen LogP contribution in [0.15, 0.2) is 52.9 Å². The van der Waals surface area contributed by atoms with Crippen LogP contribution in [0.4, 0.5) is 5.13 Å². The molecule has 1 aliphatic heterocycles. The topological polar surface area (TPSA) is 58.5 Å². The number of carbonyl (C=O) groups excluding carboxylic acids is 1. The average Bonchev–Trinajstić information content (AvgIpc) is 3.15. The number of aliphatic imine (C=N–C) groups is 1. The van der Waals surface area contributed by atoms with Gasteiger partial charge in [0.05, 0.1) is 4.91 Å². The largest absolute Gasteiger partial charge is 0.282 e. The van der Waals surface area contributed by atoms with Crippen LogP contribution >= 0.6 is 23.1 Å². The van der Waals surface area contributed by atoms with E-state index in [1.165, 1.54) is 23.1 Å². The third-order valence-corrected chi connectivity index (χ3v) is 5.37. The lowest BCUT2D eigenvalue weighted by molar-refractivity contribution is -0.121. The highest BCUT2D eigenvalue weighted by Crippen LogP contribution is 2.34. The highest BCUT2D eigenvalue weighted by atomic mass is 32.2. The normalized spacial score (nSPS) is 17.7. The van der Waals surface area contributed by atoms with Crippen LogP contribution in [0.2, 0.25) is 0 Å². The Kier molecular flexibility index (Phi) is 6.00. The number of rotatable bonds is 6. The third kappa shape index (κ3) is 4.47. The van der Waals surface area contributed by atoms with E-state index in [1.54, 1.807) is 11.0 Å². The smallest absolute Gasteiger partial charge is 0.267 e. The zero-order valence-electron chi connectivity index (χ0n) is 14.8. The molecule has 7 heteroatoms. The van der Waals surface area contributed by atoms with Crippen molar-refractivity contribution in [2.75, 3.05) is 6.54 Å². The number of benzene rings is 1. The molecule has 1 fully saturated rings. The number of amidine groups is 1. The first-order valence-corrected chi connectivity index (χ1v) is 9.98. The minimum absolute atomic E-state index is 0.0653. The van der Waals surface area contributed by atoms with Crippen LogP contribution in [0.1, 0.15) is 24.4 Å². The third-order valence-electron chi connectivity index (χ3n) is 3.53. The van der Waals surface area contributed by atoms with Crippen LogP contribution in [0.5, 0.6) is 0 Å². The van der Waals surface area contributed by atoms with E-state index in [0.29, 0.717) is 27.7 Å². The maximum absolute atomic E-state index is 12.7. The Morgan fingerprint density at radius 3 is 2.73 bits per heavy atom. The summed E-state index contributed by atoms with van der Waals surface area (Å²) in [5.41, 5.74) is 0.985. The zero-order valence-corrected chi connectivity index (χ0v) is 16.4.